The maximum atomic E-state index is 9.25. The van der Waals surface area contributed by atoms with Crippen LogP contribution in [0.2, 0.25) is 0 Å². The second-order valence-electron chi connectivity index (χ2n) is 4.90. The summed E-state index contributed by atoms with van der Waals surface area (Å²) in [5, 5.41) is 9.25. The van der Waals surface area contributed by atoms with Gasteiger partial charge in [0.1, 0.15) is 0 Å². The molecule has 0 saturated heterocycles. The number of hydrogen-bond acceptors (Lipinski definition) is 2. The van der Waals surface area contributed by atoms with E-state index in [2.05, 4.69) is 29.2 Å². The van der Waals surface area contributed by atoms with Gasteiger partial charge in [0.05, 0.1) is 0 Å². The number of aliphatic hydroxyl groups excluding tert-OH is 1. The van der Waals surface area contributed by atoms with Crippen molar-refractivity contribution in [2.45, 2.75) is 19.3 Å². The molecule has 82 valence electrons. The molecular formula is C13H19NO. The fraction of sp³-hybridized carbons (Fsp3) is 0.538. The van der Waals surface area contributed by atoms with Gasteiger partial charge >= 0.3 is 0 Å². The van der Waals surface area contributed by atoms with E-state index in [4.69, 9.17) is 0 Å². The van der Waals surface area contributed by atoms with Crippen molar-refractivity contribution in [1.29, 1.82) is 0 Å². The van der Waals surface area contributed by atoms with Gasteiger partial charge in [-0.25, -0.2) is 0 Å². The van der Waals surface area contributed by atoms with Crippen LogP contribution in [0.1, 0.15) is 18.4 Å². The van der Waals surface area contributed by atoms with E-state index in [0.717, 1.165) is 6.42 Å². The summed E-state index contributed by atoms with van der Waals surface area (Å²) >= 11 is 0. The van der Waals surface area contributed by atoms with E-state index in [1.165, 1.54) is 24.1 Å². The third-order valence-electron chi connectivity index (χ3n) is 3.32. The fourth-order valence-corrected chi connectivity index (χ4v) is 1.91. The third kappa shape index (κ3) is 2.32. The topological polar surface area (TPSA) is 23.5 Å². The smallest absolute Gasteiger partial charge is 0.0490 e. The summed E-state index contributed by atoms with van der Waals surface area (Å²) < 4.78 is 0. The molecule has 0 spiro atoms. The van der Waals surface area contributed by atoms with E-state index in [1.54, 1.807) is 0 Å². The van der Waals surface area contributed by atoms with Crippen LogP contribution in [0.5, 0.6) is 0 Å². The summed E-state index contributed by atoms with van der Waals surface area (Å²) in [5.41, 5.74) is 2.79. The lowest BCUT2D eigenvalue weighted by Crippen LogP contribution is -2.11. The van der Waals surface area contributed by atoms with Gasteiger partial charge in [0.25, 0.3) is 0 Å². The first-order chi connectivity index (χ1) is 7.15. The molecule has 1 N–H and O–H groups in total. The van der Waals surface area contributed by atoms with Gasteiger partial charge in [0.2, 0.25) is 0 Å². The van der Waals surface area contributed by atoms with Gasteiger partial charge in [0, 0.05) is 26.4 Å². The van der Waals surface area contributed by atoms with Gasteiger partial charge in [-0.05, 0) is 42.4 Å². The minimum atomic E-state index is 0.222. The summed E-state index contributed by atoms with van der Waals surface area (Å²) in [7, 11) is 4.09. The second kappa shape index (κ2) is 3.86. The molecule has 0 unspecified atom stereocenters. The van der Waals surface area contributed by atoms with Gasteiger partial charge in [-0.2, -0.15) is 0 Å². The van der Waals surface area contributed by atoms with Crippen molar-refractivity contribution in [3.8, 4) is 0 Å². The zero-order chi connectivity index (χ0) is 10.9. The number of hydrogen-bond donors (Lipinski definition) is 1. The normalized spacial score (nSPS) is 17.5. The summed E-state index contributed by atoms with van der Waals surface area (Å²) in [5.74, 6) is 0. The van der Waals surface area contributed by atoms with Crippen LogP contribution in [0.25, 0.3) is 0 Å². The Labute approximate surface area is 91.5 Å². The highest BCUT2D eigenvalue weighted by Gasteiger charge is 2.41. The van der Waals surface area contributed by atoms with Gasteiger partial charge in [0.15, 0.2) is 0 Å². The van der Waals surface area contributed by atoms with E-state index in [0.29, 0.717) is 6.61 Å². The maximum absolute atomic E-state index is 9.25. The molecule has 15 heavy (non-hydrogen) atoms. The van der Waals surface area contributed by atoms with Crippen LogP contribution in [-0.2, 0) is 6.42 Å². The maximum Gasteiger partial charge on any atom is 0.0490 e. The average Bonchev–Trinajstić information content (AvgIpc) is 2.99. The fourth-order valence-electron chi connectivity index (χ4n) is 1.91. The molecule has 2 rings (SSSR count). The van der Waals surface area contributed by atoms with Crippen molar-refractivity contribution in [1.82, 2.24) is 0 Å². The zero-order valence-electron chi connectivity index (χ0n) is 9.53. The van der Waals surface area contributed by atoms with Crippen molar-refractivity contribution in [3.63, 3.8) is 0 Å². The highest BCUT2D eigenvalue weighted by atomic mass is 16.3. The Morgan fingerprint density at radius 3 is 2.20 bits per heavy atom. The molecular weight excluding hydrogens is 186 g/mol. The largest absolute Gasteiger partial charge is 0.396 e. The van der Waals surface area contributed by atoms with Crippen molar-refractivity contribution in [2.75, 3.05) is 25.6 Å². The van der Waals surface area contributed by atoms with Crippen LogP contribution in [0.3, 0.4) is 0 Å². The lowest BCUT2D eigenvalue weighted by Gasteiger charge is -2.15. The van der Waals surface area contributed by atoms with Gasteiger partial charge in [-0.1, -0.05) is 12.1 Å². The zero-order valence-corrected chi connectivity index (χ0v) is 9.53. The van der Waals surface area contributed by atoms with Crippen molar-refractivity contribution < 1.29 is 5.11 Å². The van der Waals surface area contributed by atoms with Gasteiger partial charge < -0.3 is 10.0 Å². The van der Waals surface area contributed by atoms with Crippen LogP contribution >= 0.6 is 0 Å². The lowest BCUT2D eigenvalue weighted by atomic mass is 9.97. The van der Waals surface area contributed by atoms with E-state index in [9.17, 15) is 5.11 Å². The SMILES string of the molecule is CN(C)c1ccc(CC2(CO)CC2)cc1. The van der Waals surface area contributed by atoms with Crippen molar-refractivity contribution in [3.05, 3.63) is 29.8 Å². The monoisotopic (exact) mass is 205 g/mol. The Morgan fingerprint density at radius 2 is 1.80 bits per heavy atom. The van der Waals surface area contributed by atoms with Gasteiger partial charge in [-0.3, -0.25) is 0 Å². The van der Waals surface area contributed by atoms with Crippen molar-refractivity contribution >= 4 is 5.69 Å². The van der Waals surface area contributed by atoms with E-state index >= 15 is 0 Å². The Morgan fingerprint density at radius 1 is 1.20 bits per heavy atom. The highest BCUT2D eigenvalue weighted by Crippen LogP contribution is 2.47. The molecule has 1 aliphatic carbocycles. The first kappa shape index (κ1) is 10.5. The molecule has 1 fully saturated rings. The predicted octanol–water partition coefficient (Wildman–Crippen LogP) is 2.07. The summed E-state index contributed by atoms with van der Waals surface area (Å²) in [6, 6.07) is 8.63. The molecule has 0 radical (unpaired) electrons. The molecule has 0 heterocycles. The van der Waals surface area contributed by atoms with Crippen LogP contribution < -0.4 is 4.90 Å². The van der Waals surface area contributed by atoms with Crippen LogP contribution in [0.15, 0.2) is 24.3 Å². The van der Waals surface area contributed by atoms with Crippen LogP contribution in [-0.4, -0.2) is 25.8 Å². The number of aliphatic hydroxyl groups is 1. The Balaban J connectivity index is 2.04. The van der Waals surface area contributed by atoms with Gasteiger partial charge in [-0.15, -0.1) is 0 Å². The molecule has 1 saturated carbocycles. The molecule has 2 heteroatoms. The van der Waals surface area contributed by atoms with Crippen molar-refractivity contribution in [2.24, 2.45) is 5.41 Å². The molecule has 1 aromatic rings. The van der Waals surface area contributed by atoms with E-state index in [-0.39, 0.29) is 5.41 Å². The number of anilines is 1. The first-order valence-electron chi connectivity index (χ1n) is 5.52. The molecule has 0 atom stereocenters. The Hall–Kier alpha value is -1.02. The Kier molecular flexibility index (Phi) is 2.70. The quantitative estimate of drug-likeness (QED) is 0.813. The first-order valence-corrected chi connectivity index (χ1v) is 5.52. The second-order valence-corrected chi connectivity index (χ2v) is 4.90. The number of benzene rings is 1. The molecule has 0 aliphatic heterocycles. The summed E-state index contributed by atoms with van der Waals surface area (Å²) in [6.07, 6.45) is 3.38. The molecule has 0 amide bonds. The molecule has 1 aliphatic rings. The molecule has 2 nitrogen and oxygen atoms in total. The van der Waals surface area contributed by atoms with Crippen LogP contribution in [0, 0.1) is 5.41 Å². The van der Waals surface area contributed by atoms with E-state index in [1.807, 2.05) is 14.1 Å². The summed E-state index contributed by atoms with van der Waals surface area (Å²) in [4.78, 5) is 2.10. The Bertz CT molecular complexity index is 325. The number of nitrogens with zero attached hydrogens (tertiary/aromatic N) is 1. The van der Waals surface area contributed by atoms with Crippen LogP contribution in [0.4, 0.5) is 5.69 Å². The van der Waals surface area contributed by atoms with E-state index < -0.39 is 0 Å². The minimum absolute atomic E-state index is 0.222. The highest BCUT2D eigenvalue weighted by molar-refractivity contribution is 5.46. The standard InChI is InChI=1S/C13H19NO/c1-14(2)12-5-3-11(4-6-12)9-13(10-15)7-8-13/h3-6,15H,7-10H2,1-2H3. The average molecular weight is 205 g/mol. The number of rotatable bonds is 4. The molecule has 0 aromatic heterocycles. The predicted molar refractivity (Wildman–Crippen MR) is 63.2 cm³/mol. The minimum Gasteiger partial charge on any atom is -0.396 e. The molecule has 0 bridgehead atoms. The summed E-state index contributed by atoms with van der Waals surface area (Å²) in [6.45, 7) is 0.336. The third-order valence-corrected chi connectivity index (χ3v) is 3.32. The lowest BCUT2D eigenvalue weighted by molar-refractivity contribution is 0.211. The molecule has 1 aromatic carbocycles.